The van der Waals surface area contributed by atoms with Crippen LogP contribution in [0.15, 0.2) is 221 Å². The van der Waals surface area contributed by atoms with E-state index in [0.717, 1.165) is 223 Å². The minimum absolute atomic E-state index is 0.0436. The highest BCUT2D eigenvalue weighted by atomic mass is 32.1. The van der Waals surface area contributed by atoms with Crippen molar-refractivity contribution in [1.82, 2.24) is 151 Å². The number of H-pyrrole nitrogens is 8. The minimum Gasteiger partial charge on any atom is -0.382 e. The Labute approximate surface area is 853 Å². The molecular weight excluding hydrogens is 1930 g/mol. The Hall–Kier alpha value is -17.4. The van der Waals surface area contributed by atoms with Crippen molar-refractivity contribution in [2.75, 3.05) is 45.0 Å². The standard InChI is InChI=1S/C30H28N8OS.2C26H22N8OS.C25H20N8OS/c1-17(39)25-6-7-26(40-25)23-15-33-16-24-27(23)36-30(35-24)28-22-9-21(14-34-29(22)38-37-28)20-8-19(12-32-13-20)11-31-10-18-4-2-3-5-18;1-14(35)21-4-5-22(36-21)19-11-28-12-20-23(19)31-26(30-20)24-18-7-17(10-29-25(18)33-32-24)16-6-15(8-27-9-16)13-34(2)3;1-13(2)30-17-6-15(8-27-10-17)16-7-18-24(33-34-25(18)29-9-16)26-31-20-12-28-11-19(23(20)32-26)22-5-4-21(36-22)14(3)35;1-13(34)20-4-5-21(35-20)18-11-27-12-19-22(18)30-25(29-19)23-17-7-15(9-28-24(17)32-31-23)14-6-16(33(2)3)10-26-8-14/h6-9,12-16,18,31H,2-5,10-11H2,1H3,(H,35,36)(H,34,37,38);4-12H,13H2,1-3H3,(H,30,31)(H,29,32,33);4-13,30H,1-3H3,(H,31,32)(H,29,33,34);4-12H,1-3H3,(H,29,30)(H,28,31,32). The molecule has 1 aliphatic rings. The molecule has 24 heterocycles. The average molecular weight is 2020 g/mol. The zero-order valence-electron chi connectivity index (χ0n) is 81.0. The molecule has 10 N–H and O–H groups in total. The number of rotatable bonds is 25. The number of aromatic amines is 8. The van der Waals surface area contributed by atoms with Gasteiger partial charge in [0.1, 0.15) is 44.8 Å². The van der Waals surface area contributed by atoms with Crippen LogP contribution in [0.25, 0.3) is 221 Å². The van der Waals surface area contributed by atoms with E-state index in [9.17, 15) is 19.2 Å². The molecule has 728 valence electrons. The molecule has 0 spiro atoms. The third-order valence-electron chi connectivity index (χ3n) is 25.1. The highest BCUT2D eigenvalue weighted by Gasteiger charge is 2.26. The number of carbonyl (C=O) groups excluding carboxylic acids is 4. The number of nitrogens with one attached hydrogen (secondary N) is 10. The fraction of sp³-hybridized carbons (Fsp3) is 0.178. The van der Waals surface area contributed by atoms with Crippen LogP contribution in [0.4, 0.5) is 11.4 Å². The fourth-order valence-corrected chi connectivity index (χ4v) is 21.5. The maximum absolute atomic E-state index is 11.8. The van der Waals surface area contributed by atoms with Crippen LogP contribution in [-0.2, 0) is 13.1 Å². The summed E-state index contributed by atoms with van der Waals surface area (Å²) in [6.07, 6.45) is 41.6. The molecule has 36 nitrogen and oxygen atoms in total. The first-order valence-corrected chi connectivity index (χ1v) is 50.5. The molecule has 1 aliphatic carbocycles. The van der Waals surface area contributed by atoms with Crippen molar-refractivity contribution in [1.29, 1.82) is 0 Å². The Morgan fingerprint density at radius 3 is 1.01 bits per heavy atom. The number of hydrogen-bond donors (Lipinski definition) is 10. The number of nitrogens with zero attached hydrogens (tertiary/aromatic N) is 22. The highest BCUT2D eigenvalue weighted by molar-refractivity contribution is 7.18. The van der Waals surface area contributed by atoms with Gasteiger partial charge < -0.3 is 40.4 Å². The van der Waals surface area contributed by atoms with Crippen molar-refractivity contribution in [2.24, 2.45) is 5.92 Å². The lowest BCUT2D eigenvalue weighted by Gasteiger charge is -2.12. The summed E-state index contributed by atoms with van der Waals surface area (Å²) in [5.74, 6) is 3.55. The summed E-state index contributed by atoms with van der Waals surface area (Å²) in [6.45, 7) is 13.1. The number of carbonyl (C=O) groups is 4. The zero-order valence-corrected chi connectivity index (χ0v) is 84.3. The summed E-state index contributed by atoms with van der Waals surface area (Å²) in [6, 6.07) is 32.1. The third kappa shape index (κ3) is 19.7. The number of fused-ring (bicyclic) bond motifs is 8. The Bertz CT molecular complexity index is 8890. The topological polar surface area (TPSA) is 483 Å². The van der Waals surface area contributed by atoms with Crippen molar-refractivity contribution >= 4 is 168 Å². The number of imidazole rings is 4. The van der Waals surface area contributed by atoms with Crippen LogP contribution in [0.5, 0.6) is 0 Å². The third-order valence-corrected chi connectivity index (χ3v) is 30.0. The van der Waals surface area contributed by atoms with Crippen LogP contribution in [-0.4, -0.2) is 209 Å². The molecule has 0 atom stereocenters. The molecule has 0 unspecified atom stereocenters. The second-order valence-electron chi connectivity index (χ2n) is 36.6. The highest BCUT2D eigenvalue weighted by Crippen LogP contribution is 2.43. The van der Waals surface area contributed by atoms with Gasteiger partial charge in [-0.1, -0.05) is 12.8 Å². The van der Waals surface area contributed by atoms with Crippen molar-refractivity contribution in [3.63, 3.8) is 0 Å². The summed E-state index contributed by atoms with van der Waals surface area (Å²) >= 11 is 5.76. The summed E-state index contributed by atoms with van der Waals surface area (Å²) < 4.78 is 0. The van der Waals surface area contributed by atoms with Gasteiger partial charge in [-0.3, -0.25) is 79.4 Å². The predicted octanol–water partition coefficient (Wildman–Crippen LogP) is 21.8. The lowest BCUT2D eigenvalue weighted by molar-refractivity contribution is 0.101. The molecule has 0 bridgehead atoms. The lowest BCUT2D eigenvalue weighted by atomic mass is 10.1. The van der Waals surface area contributed by atoms with Gasteiger partial charge in [-0.15, -0.1) is 45.3 Å². The Morgan fingerprint density at radius 1 is 0.361 bits per heavy atom. The van der Waals surface area contributed by atoms with Gasteiger partial charge in [0.05, 0.1) is 105 Å². The van der Waals surface area contributed by atoms with Gasteiger partial charge in [0.2, 0.25) is 0 Å². The summed E-state index contributed by atoms with van der Waals surface area (Å²) in [7, 11) is 8.04. The molecule has 1 fully saturated rings. The first-order chi connectivity index (χ1) is 71.5. The Balaban J connectivity index is 0.000000111. The van der Waals surface area contributed by atoms with Crippen molar-refractivity contribution < 1.29 is 19.2 Å². The van der Waals surface area contributed by atoms with Gasteiger partial charge in [-0.2, -0.15) is 20.4 Å². The SMILES string of the molecule is CC(=O)c1ccc(-c2cncc3[nH]c(-c4[nH]nc5ncc(-c6cncc(CN(C)C)c6)cc45)nc23)s1.CC(=O)c1ccc(-c2cncc3[nH]c(-c4[nH]nc5ncc(-c6cncc(CNCC7CCCC7)c6)cc45)nc23)s1.CC(=O)c1ccc(-c2cncc3[nH]c(-c4[nH]nc5ncc(-c6cncc(N(C)C)c6)cc45)nc23)s1.CC(=O)c1ccc(-c2cncc3[nH]c(-c4[nH]nc5ncc(-c6cncc(NC(C)C)c6)cc45)nc23)s1. The van der Waals surface area contributed by atoms with Crippen LogP contribution < -0.4 is 15.5 Å². The Morgan fingerprint density at radius 2 is 0.673 bits per heavy atom. The first-order valence-electron chi connectivity index (χ1n) is 47.3. The second kappa shape index (κ2) is 40.4. The molecule has 0 amide bonds. The number of aromatic nitrogens is 28. The molecule has 24 aromatic rings. The van der Waals surface area contributed by atoms with Gasteiger partial charge in [0.25, 0.3) is 0 Å². The normalized spacial score (nSPS) is 12.2. The smallest absolute Gasteiger partial charge is 0.181 e. The van der Waals surface area contributed by atoms with Gasteiger partial charge in [0.15, 0.2) is 69.0 Å². The average Bonchev–Trinajstić information content (AvgIpc) is 1.62. The van der Waals surface area contributed by atoms with Gasteiger partial charge in [-0.25, -0.2) is 39.9 Å². The van der Waals surface area contributed by atoms with Crippen LogP contribution in [0.2, 0.25) is 0 Å². The molecule has 0 aromatic carbocycles. The van der Waals surface area contributed by atoms with Gasteiger partial charge in [-0.05, 0) is 189 Å². The number of anilines is 2. The molecule has 24 aromatic heterocycles. The van der Waals surface area contributed by atoms with Gasteiger partial charge >= 0.3 is 0 Å². The zero-order chi connectivity index (χ0) is 101. The van der Waals surface area contributed by atoms with E-state index in [-0.39, 0.29) is 23.1 Å². The largest absolute Gasteiger partial charge is 0.382 e. The molecule has 0 aliphatic heterocycles. The molecule has 40 heteroatoms. The van der Waals surface area contributed by atoms with E-state index in [0.29, 0.717) is 71.4 Å². The van der Waals surface area contributed by atoms with E-state index in [1.54, 1.807) is 89.7 Å². The Kier molecular flexibility index (Phi) is 26.0. The first kappa shape index (κ1) is 94.5. The maximum Gasteiger partial charge on any atom is 0.181 e. The van der Waals surface area contributed by atoms with Gasteiger partial charge in [0, 0.05) is 212 Å². The van der Waals surface area contributed by atoms with E-state index in [1.165, 1.54) is 71.0 Å². The van der Waals surface area contributed by atoms with Crippen molar-refractivity contribution in [3.05, 3.63) is 252 Å². The summed E-state index contributed by atoms with van der Waals surface area (Å²) in [4.78, 5) is 144. The fourth-order valence-electron chi connectivity index (χ4n) is 17.9. The minimum atomic E-state index is 0.0436. The van der Waals surface area contributed by atoms with E-state index in [1.807, 2.05) is 156 Å². The number of Topliss-reactive ketones (excluding diaryl/α,β-unsaturated/α-hetero) is 4. The molecule has 0 radical (unpaired) electrons. The van der Waals surface area contributed by atoms with Crippen LogP contribution in [0, 0.1) is 5.92 Å². The quantitative estimate of drug-likeness (QED) is 0.0238. The monoisotopic (exact) mass is 2020 g/mol. The number of thiophene rings is 4. The van der Waals surface area contributed by atoms with E-state index >= 15 is 0 Å². The van der Waals surface area contributed by atoms with Crippen molar-refractivity contribution in [3.8, 4) is 132 Å². The number of hydrogen-bond acceptors (Lipinski definition) is 32. The van der Waals surface area contributed by atoms with Crippen molar-refractivity contribution in [2.45, 2.75) is 86.4 Å². The van der Waals surface area contributed by atoms with Crippen LogP contribution in [0.1, 0.15) is 117 Å². The lowest BCUT2D eigenvalue weighted by Crippen LogP contribution is -2.20. The second-order valence-corrected chi connectivity index (χ2v) is 40.9. The van der Waals surface area contributed by atoms with E-state index < -0.39 is 0 Å². The maximum atomic E-state index is 11.8. The summed E-state index contributed by atoms with van der Waals surface area (Å²) in [5.41, 5.74) is 27.2. The number of pyridine rings is 12. The van der Waals surface area contributed by atoms with Crippen LogP contribution in [0.3, 0.4) is 0 Å². The molecular formula is C107H92N32O4S4. The molecule has 1 saturated carbocycles. The van der Waals surface area contributed by atoms with Crippen LogP contribution >= 0.6 is 45.3 Å². The summed E-state index contributed by atoms with van der Waals surface area (Å²) in [5, 5.41) is 40.4. The molecule has 0 saturated heterocycles. The molecule has 147 heavy (non-hydrogen) atoms. The van der Waals surface area contributed by atoms with E-state index in [2.05, 4.69) is 186 Å². The molecule has 25 rings (SSSR count). The predicted molar refractivity (Wildman–Crippen MR) is 577 cm³/mol. The number of ketones is 4. The van der Waals surface area contributed by atoms with E-state index in [4.69, 9.17) is 19.9 Å².